The van der Waals surface area contributed by atoms with E-state index in [1.807, 2.05) is 0 Å². The van der Waals surface area contributed by atoms with Crippen molar-refractivity contribution in [1.82, 2.24) is 0 Å². The van der Waals surface area contributed by atoms with Crippen molar-refractivity contribution in [3.63, 3.8) is 0 Å². The van der Waals surface area contributed by atoms with Crippen LogP contribution in [0.15, 0.2) is 0 Å². The summed E-state index contributed by atoms with van der Waals surface area (Å²) >= 11 is 0. The van der Waals surface area contributed by atoms with Crippen molar-refractivity contribution in [2.75, 3.05) is 21.3 Å². The zero-order valence-electron chi connectivity index (χ0n) is 35.4. The Morgan fingerprint density at radius 2 is 0.489 bits per heavy atom. The van der Waals surface area contributed by atoms with E-state index in [2.05, 4.69) is 125 Å². The van der Waals surface area contributed by atoms with Gasteiger partial charge in [-0.2, -0.15) is 0 Å². The molecule has 284 valence electrons. The Morgan fingerprint density at radius 3 is 0.660 bits per heavy atom. The summed E-state index contributed by atoms with van der Waals surface area (Å²) in [5.74, 6) is 0. The molecule has 0 aromatic heterocycles. The Hall–Kier alpha value is 0.844. The van der Waals surface area contributed by atoms with Crippen LogP contribution in [0.5, 0.6) is 0 Å². The van der Waals surface area contributed by atoms with Gasteiger partial charge in [0.2, 0.25) is 0 Å². The van der Waals surface area contributed by atoms with Gasteiger partial charge in [-0.3, -0.25) is 0 Å². The van der Waals surface area contributed by atoms with Crippen LogP contribution in [0, 0.1) is 0 Å². The maximum absolute atomic E-state index is 8.18. The van der Waals surface area contributed by atoms with Crippen LogP contribution in [-0.2, 0) is 25.6 Å². The molecule has 0 spiro atoms. The van der Waals surface area contributed by atoms with E-state index >= 15 is 0 Å². The maximum Gasteiger partial charge on any atom is 0.500 e. The third-order valence-electron chi connectivity index (χ3n) is 11.8. The highest BCUT2D eigenvalue weighted by Crippen LogP contribution is 2.53. The Kier molecular flexibility index (Phi) is 20.5. The fourth-order valence-corrected chi connectivity index (χ4v) is 42.0. The van der Waals surface area contributed by atoms with Crippen molar-refractivity contribution in [2.45, 2.75) is 212 Å². The van der Waals surface area contributed by atoms with E-state index in [0.29, 0.717) is 49.9 Å². The molecule has 0 rings (SSSR count). The molecule has 0 atom stereocenters. The van der Waals surface area contributed by atoms with E-state index in [4.69, 9.17) is 25.6 Å². The second-order valence-corrected chi connectivity index (χ2v) is 40.1. The molecule has 0 fully saturated rings. The molecule has 0 saturated heterocycles. The van der Waals surface area contributed by atoms with E-state index in [9.17, 15) is 0 Å². The zero-order chi connectivity index (χ0) is 37.2. The summed E-state index contributed by atoms with van der Waals surface area (Å²) in [6.07, 6.45) is 4.26. The first-order valence-electron chi connectivity index (χ1n) is 19.3. The lowest BCUT2D eigenvalue weighted by Crippen LogP contribution is -2.69. The molecule has 0 saturated carbocycles. The molecule has 0 aliphatic heterocycles. The molecule has 11 heteroatoms. The Morgan fingerprint density at radius 1 is 0.298 bits per heavy atom. The van der Waals surface area contributed by atoms with Gasteiger partial charge in [0.15, 0.2) is 25.0 Å². The van der Waals surface area contributed by atoms with Crippen LogP contribution in [0.25, 0.3) is 0 Å². The zero-order valence-corrected chi connectivity index (χ0v) is 40.4. The second-order valence-electron chi connectivity index (χ2n) is 17.2. The molecule has 0 aliphatic carbocycles. The normalized spacial score (nSPS) is 14.7. The summed E-state index contributed by atoms with van der Waals surface area (Å²) in [7, 11) is -7.83. The number of rotatable bonds is 25. The molecule has 0 bridgehead atoms. The first kappa shape index (κ1) is 47.8. The van der Waals surface area contributed by atoms with Crippen LogP contribution in [-0.4, -0.2) is 63.9 Å². The number of hydrogen-bond donors (Lipinski definition) is 0. The maximum atomic E-state index is 8.18. The average molecular weight is 753 g/mol. The van der Waals surface area contributed by atoms with Crippen LogP contribution in [0.4, 0.5) is 0 Å². The SMILES string of the molecule is CO[Si](CCCCCC[Si](O[Si](C(C)C)(C(C)C)C(C)C)(O[Si](C(C)C)(C(C)C)C(C)C)O[Si](C(C)C)(C(C)C)C(C)C)(OC)OC. The van der Waals surface area contributed by atoms with Crippen molar-refractivity contribution in [2.24, 2.45) is 0 Å². The molecule has 47 heavy (non-hydrogen) atoms. The van der Waals surface area contributed by atoms with Crippen molar-refractivity contribution >= 4 is 42.6 Å². The van der Waals surface area contributed by atoms with Gasteiger partial charge in [-0.15, -0.1) is 0 Å². The van der Waals surface area contributed by atoms with Gasteiger partial charge >= 0.3 is 17.6 Å². The fourth-order valence-electron chi connectivity index (χ4n) is 9.68. The van der Waals surface area contributed by atoms with E-state index in [1.54, 1.807) is 21.3 Å². The van der Waals surface area contributed by atoms with Crippen molar-refractivity contribution in [3.05, 3.63) is 0 Å². The smallest absolute Gasteiger partial charge is 0.415 e. The lowest BCUT2D eigenvalue weighted by molar-refractivity contribution is 0.122. The van der Waals surface area contributed by atoms with Gasteiger partial charge in [-0.25, -0.2) is 0 Å². The highest BCUT2D eigenvalue weighted by molar-refractivity contribution is 6.94. The van der Waals surface area contributed by atoms with E-state index in [-0.39, 0.29) is 0 Å². The largest absolute Gasteiger partial charge is 0.500 e. The van der Waals surface area contributed by atoms with Gasteiger partial charge in [0, 0.05) is 33.4 Å². The van der Waals surface area contributed by atoms with Gasteiger partial charge in [0.25, 0.3) is 0 Å². The van der Waals surface area contributed by atoms with Gasteiger partial charge in [0.05, 0.1) is 0 Å². The molecule has 0 aromatic rings. The topological polar surface area (TPSA) is 55.4 Å². The van der Waals surface area contributed by atoms with Crippen molar-refractivity contribution in [3.8, 4) is 0 Å². The van der Waals surface area contributed by atoms with Crippen LogP contribution in [0.2, 0.25) is 62.0 Å². The van der Waals surface area contributed by atoms with Crippen LogP contribution < -0.4 is 0 Å². The second kappa shape index (κ2) is 20.2. The monoisotopic (exact) mass is 753 g/mol. The first-order chi connectivity index (χ1) is 21.5. The predicted molar refractivity (Wildman–Crippen MR) is 217 cm³/mol. The van der Waals surface area contributed by atoms with Crippen LogP contribution in [0.3, 0.4) is 0 Å². The lowest BCUT2D eigenvalue weighted by Gasteiger charge is -2.56. The van der Waals surface area contributed by atoms with Crippen molar-refractivity contribution < 1.29 is 25.6 Å². The fraction of sp³-hybridized carbons (Fsp3) is 1.00. The molecular formula is C36H84O6Si5. The third kappa shape index (κ3) is 10.9. The van der Waals surface area contributed by atoms with E-state index in [0.717, 1.165) is 37.8 Å². The minimum atomic E-state index is -3.26. The Labute approximate surface area is 300 Å². The summed E-state index contributed by atoms with van der Waals surface area (Å²) in [6, 6.07) is 1.73. The highest BCUT2D eigenvalue weighted by Gasteiger charge is 2.63. The quantitative estimate of drug-likeness (QED) is 0.0684. The third-order valence-corrected chi connectivity index (χ3v) is 39.8. The van der Waals surface area contributed by atoms with Gasteiger partial charge in [0.1, 0.15) is 0 Å². The van der Waals surface area contributed by atoms with E-state index < -0.39 is 42.6 Å². The molecule has 0 N–H and O–H groups in total. The molecule has 0 heterocycles. The molecule has 0 radical (unpaired) electrons. The minimum Gasteiger partial charge on any atom is -0.415 e. The van der Waals surface area contributed by atoms with Crippen LogP contribution in [0.1, 0.15) is 150 Å². The average Bonchev–Trinajstić information content (AvgIpc) is 2.95. The summed E-state index contributed by atoms with van der Waals surface area (Å²) in [5, 5.41) is 0. The summed E-state index contributed by atoms with van der Waals surface area (Å²) in [4.78, 5) is 0. The van der Waals surface area contributed by atoms with Gasteiger partial charge < -0.3 is 25.6 Å². The standard InChI is InChI=1S/C36H84O6Si5/c1-28(2)45(29(3)4,30(5)6)40-44(41-46(31(7)8,32(9)10)33(11)12,42-47(34(13)14,35(15)16)36(17)18)27-25-23-22-24-26-43(37-19,38-20)39-21/h28-36H,22-27H2,1-21H3. The summed E-state index contributed by atoms with van der Waals surface area (Å²) in [6.45, 7) is 43.5. The molecule has 0 unspecified atom stereocenters. The summed E-state index contributed by atoms with van der Waals surface area (Å²) in [5.41, 5.74) is 4.11. The molecule has 0 amide bonds. The Balaban J connectivity index is 7.54. The molecule has 6 nitrogen and oxygen atoms in total. The molecule has 0 aromatic carbocycles. The number of hydrogen-bond acceptors (Lipinski definition) is 6. The predicted octanol–water partition coefficient (Wildman–Crippen LogP) is 12.9. The number of unbranched alkanes of at least 4 members (excludes halogenated alkanes) is 3. The summed E-state index contributed by atoms with van der Waals surface area (Å²) < 4.78 is 41.7. The van der Waals surface area contributed by atoms with E-state index in [1.165, 1.54) is 0 Å². The first-order valence-corrected chi connectivity index (χ1v) is 29.5. The Bertz CT molecular complexity index is 702. The molecule has 0 aliphatic rings. The van der Waals surface area contributed by atoms with Gasteiger partial charge in [-0.1, -0.05) is 137 Å². The van der Waals surface area contributed by atoms with Crippen molar-refractivity contribution in [1.29, 1.82) is 0 Å². The minimum absolute atomic E-state index is 0.457. The molecular weight excluding hydrogens is 669 g/mol. The highest BCUT2D eigenvalue weighted by atomic mass is 28.5. The van der Waals surface area contributed by atoms with Crippen LogP contribution >= 0.6 is 0 Å². The van der Waals surface area contributed by atoms with Gasteiger partial charge in [-0.05, 0) is 62.7 Å². The lowest BCUT2D eigenvalue weighted by atomic mass is 10.2.